The Morgan fingerprint density at radius 2 is 1.89 bits per heavy atom. The van der Waals surface area contributed by atoms with Gasteiger partial charge in [0.05, 0.1) is 22.0 Å². The summed E-state index contributed by atoms with van der Waals surface area (Å²) in [6, 6.07) is 7.23. The number of aromatic nitrogens is 3. The minimum absolute atomic E-state index is 0.0330. The lowest BCUT2D eigenvalue weighted by atomic mass is 10.0. The fourth-order valence-electron chi connectivity index (χ4n) is 5.99. The van der Waals surface area contributed by atoms with Gasteiger partial charge in [-0.1, -0.05) is 12.6 Å². The number of phenolic OH excluding ortho intramolecular Hbond substituents is 1. The summed E-state index contributed by atoms with van der Waals surface area (Å²) < 4.78 is 59.9. The van der Waals surface area contributed by atoms with Gasteiger partial charge in [-0.05, 0) is 68.7 Å². The number of aromatic hydroxyl groups is 1. The number of hydrogen-bond donors (Lipinski definition) is 1. The predicted octanol–water partition coefficient (Wildman–Crippen LogP) is 3.89. The maximum atomic E-state index is 16.0. The van der Waals surface area contributed by atoms with Gasteiger partial charge in [0.25, 0.3) is 0 Å². The summed E-state index contributed by atoms with van der Waals surface area (Å²) in [5.74, 6) is -2.41. The van der Waals surface area contributed by atoms with Gasteiger partial charge < -0.3 is 14.9 Å². The standard InChI is InChI=1S/C32H32F2N6O5S/c1-5-27(42)38-13-14-39(19(3)17-38)30-22-15-24(34)21(28-23(33)7-6-8-26(28)41)16-25(22)40(32(43)36-30)29-18(2)11-12-35-31(29)37(4)46(44,45)20-9-10-20/h5-8,11-12,15-16,19-20,41H,1,9-10,13-14,17H2,2-4H3/t19-/m0/s1. The summed E-state index contributed by atoms with van der Waals surface area (Å²) >= 11 is 0. The molecule has 2 aromatic carbocycles. The van der Waals surface area contributed by atoms with Gasteiger partial charge in [-0.25, -0.2) is 27.0 Å². The number of carbonyl (C=O) groups excluding carboxylic acids is 1. The van der Waals surface area contributed by atoms with Gasteiger partial charge in [0, 0.05) is 49.9 Å². The fourth-order valence-corrected chi connectivity index (χ4v) is 7.54. The van der Waals surface area contributed by atoms with Crippen LogP contribution in [0, 0.1) is 18.6 Å². The molecule has 1 saturated carbocycles. The zero-order chi connectivity index (χ0) is 33.1. The van der Waals surface area contributed by atoms with E-state index in [1.165, 1.54) is 37.5 Å². The molecule has 3 heterocycles. The van der Waals surface area contributed by atoms with Crippen LogP contribution >= 0.6 is 0 Å². The second-order valence-electron chi connectivity index (χ2n) is 11.6. The van der Waals surface area contributed by atoms with Crippen LogP contribution < -0.4 is 14.9 Å². The lowest BCUT2D eigenvalue weighted by molar-refractivity contribution is -0.126. The highest BCUT2D eigenvalue weighted by Crippen LogP contribution is 2.40. The van der Waals surface area contributed by atoms with Crippen molar-refractivity contribution in [2.24, 2.45) is 0 Å². The Balaban J connectivity index is 1.65. The van der Waals surface area contributed by atoms with Crippen molar-refractivity contribution >= 4 is 38.5 Å². The summed E-state index contributed by atoms with van der Waals surface area (Å²) in [6.45, 7) is 7.91. The van der Waals surface area contributed by atoms with Crippen LogP contribution in [0.15, 0.2) is 60.0 Å². The van der Waals surface area contributed by atoms with Crippen molar-refractivity contribution in [2.45, 2.75) is 38.0 Å². The van der Waals surface area contributed by atoms with Gasteiger partial charge in [0.15, 0.2) is 5.82 Å². The van der Waals surface area contributed by atoms with Crippen molar-refractivity contribution in [3.05, 3.63) is 82.9 Å². The lowest BCUT2D eigenvalue weighted by Gasteiger charge is -2.40. The van der Waals surface area contributed by atoms with Gasteiger partial charge in [0.1, 0.15) is 23.2 Å². The molecule has 1 saturated heterocycles. The van der Waals surface area contributed by atoms with Crippen LogP contribution in [0.4, 0.5) is 20.4 Å². The molecule has 0 bridgehead atoms. The quantitative estimate of drug-likeness (QED) is 0.299. The topological polar surface area (TPSA) is 129 Å². The van der Waals surface area contributed by atoms with Crippen LogP contribution in [-0.4, -0.2) is 76.8 Å². The minimum atomic E-state index is -3.80. The number of halogens is 2. The number of phenols is 1. The predicted molar refractivity (Wildman–Crippen MR) is 171 cm³/mol. The van der Waals surface area contributed by atoms with Crippen LogP contribution in [0.1, 0.15) is 25.3 Å². The van der Waals surface area contributed by atoms with E-state index in [-0.39, 0.29) is 58.8 Å². The van der Waals surface area contributed by atoms with E-state index in [1.807, 2.05) is 6.92 Å². The normalized spacial score (nSPS) is 16.9. The van der Waals surface area contributed by atoms with E-state index in [1.54, 1.807) is 22.8 Å². The molecule has 46 heavy (non-hydrogen) atoms. The average Bonchev–Trinajstić information content (AvgIpc) is 3.87. The van der Waals surface area contributed by atoms with E-state index in [2.05, 4.69) is 16.5 Å². The fraction of sp³-hybridized carbons (Fsp3) is 0.312. The Labute approximate surface area is 264 Å². The maximum absolute atomic E-state index is 16.0. The van der Waals surface area contributed by atoms with E-state index >= 15 is 8.78 Å². The molecule has 0 spiro atoms. The zero-order valence-electron chi connectivity index (χ0n) is 25.4. The van der Waals surface area contributed by atoms with Gasteiger partial charge in [-0.2, -0.15) is 4.98 Å². The highest BCUT2D eigenvalue weighted by molar-refractivity contribution is 7.93. The maximum Gasteiger partial charge on any atom is 0.354 e. The molecule has 1 aliphatic carbocycles. The molecule has 0 unspecified atom stereocenters. The Kier molecular flexibility index (Phi) is 7.79. The van der Waals surface area contributed by atoms with E-state index in [4.69, 9.17) is 0 Å². The summed E-state index contributed by atoms with van der Waals surface area (Å²) in [7, 11) is -2.44. The highest BCUT2D eigenvalue weighted by atomic mass is 32.2. The smallest absolute Gasteiger partial charge is 0.354 e. The van der Waals surface area contributed by atoms with E-state index in [0.717, 1.165) is 21.0 Å². The molecule has 1 N–H and O–H groups in total. The van der Waals surface area contributed by atoms with E-state index in [0.29, 0.717) is 24.9 Å². The number of piperazine rings is 1. The largest absolute Gasteiger partial charge is 0.507 e. The zero-order valence-corrected chi connectivity index (χ0v) is 26.3. The molecule has 1 aliphatic heterocycles. The number of hydrogen-bond acceptors (Lipinski definition) is 8. The first-order valence-electron chi connectivity index (χ1n) is 14.7. The molecule has 0 radical (unpaired) electrons. The number of amides is 1. The summed E-state index contributed by atoms with van der Waals surface area (Å²) in [6.07, 6.45) is 3.66. The summed E-state index contributed by atoms with van der Waals surface area (Å²) in [5.41, 5.74) is -0.867. The molecule has 11 nitrogen and oxygen atoms in total. The number of rotatable bonds is 7. The third-order valence-corrected chi connectivity index (χ3v) is 10.8. The number of aryl methyl sites for hydroxylation is 1. The summed E-state index contributed by atoms with van der Waals surface area (Å²) in [5, 5.41) is 10.2. The second-order valence-corrected chi connectivity index (χ2v) is 13.8. The van der Waals surface area contributed by atoms with Crippen molar-refractivity contribution < 1.29 is 27.1 Å². The Morgan fingerprint density at radius 1 is 1.15 bits per heavy atom. The molecule has 2 fully saturated rings. The molecule has 1 atom stereocenters. The summed E-state index contributed by atoms with van der Waals surface area (Å²) in [4.78, 5) is 38.6. The third kappa shape index (κ3) is 5.15. The first-order chi connectivity index (χ1) is 21.8. The lowest BCUT2D eigenvalue weighted by Crippen LogP contribution is -2.54. The molecular weight excluding hydrogens is 618 g/mol. The molecule has 4 aromatic rings. The monoisotopic (exact) mass is 650 g/mol. The van der Waals surface area contributed by atoms with Crippen molar-refractivity contribution in [1.82, 2.24) is 19.4 Å². The number of nitrogens with zero attached hydrogens (tertiary/aromatic N) is 6. The van der Waals surface area contributed by atoms with Crippen LogP contribution in [0.25, 0.3) is 27.7 Å². The van der Waals surface area contributed by atoms with Crippen LogP contribution in [0.3, 0.4) is 0 Å². The molecule has 2 aromatic heterocycles. The Morgan fingerprint density at radius 3 is 2.54 bits per heavy atom. The second kappa shape index (κ2) is 11.5. The average molecular weight is 651 g/mol. The molecular formula is C32H32F2N6O5S. The van der Waals surface area contributed by atoms with Crippen molar-refractivity contribution in [1.29, 1.82) is 0 Å². The van der Waals surface area contributed by atoms with Gasteiger partial charge in [-0.3, -0.25) is 13.7 Å². The number of carbonyl (C=O) groups is 1. The number of anilines is 2. The van der Waals surface area contributed by atoms with Crippen LogP contribution in [-0.2, 0) is 14.8 Å². The Hall–Kier alpha value is -4.85. The van der Waals surface area contributed by atoms with E-state index in [9.17, 15) is 23.1 Å². The van der Waals surface area contributed by atoms with Gasteiger partial charge in [-0.15, -0.1) is 0 Å². The number of benzene rings is 2. The number of sulfonamides is 1. The minimum Gasteiger partial charge on any atom is -0.507 e. The molecule has 2 aliphatic rings. The first-order valence-corrected chi connectivity index (χ1v) is 16.2. The van der Waals surface area contributed by atoms with Gasteiger partial charge in [0.2, 0.25) is 15.9 Å². The van der Waals surface area contributed by atoms with Crippen molar-refractivity contribution in [2.75, 3.05) is 35.9 Å². The Bertz CT molecular complexity index is 2060. The van der Waals surface area contributed by atoms with Crippen LogP contribution in [0.2, 0.25) is 0 Å². The first kappa shape index (κ1) is 31.1. The SMILES string of the molecule is C=CC(=O)N1CCN(c2nc(=O)n(-c3c(C)ccnc3N(C)S(=O)(=O)C3CC3)c3cc(-c4c(O)cccc4F)c(F)cc23)[C@@H](C)C1. The van der Waals surface area contributed by atoms with Crippen molar-refractivity contribution in [3.8, 4) is 22.6 Å². The number of fused-ring (bicyclic) bond motifs is 1. The van der Waals surface area contributed by atoms with Crippen LogP contribution in [0.5, 0.6) is 5.75 Å². The molecule has 240 valence electrons. The molecule has 6 rings (SSSR count). The number of pyridine rings is 1. The van der Waals surface area contributed by atoms with Crippen molar-refractivity contribution in [3.63, 3.8) is 0 Å². The highest BCUT2D eigenvalue weighted by Gasteiger charge is 2.40. The molecule has 14 heteroatoms. The third-order valence-electron chi connectivity index (χ3n) is 8.56. The molecule has 1 amide bonds. The van der Waals surface area contributed by atoms with Gasteiger partial charge >= 0.3 is 5.69 Å². The van der Waals surface area contributed by atoms with E-state index < -0.39 is 43.9 Å².